The van der Waals surface area contributed by atoms with Crippen molar-refractivity contribution in [3.05, 3.63) is 88.4 Å². The van der Waals surface area contributed by atoms with Gasteiger partial charge in [-0.1, -0.05) is 34.1 Å². The van der Waals surface area contributed by atoms with Crippen molar-refractivity contribution in [2.45, 2.75) is 18.6 Å². The van der Waals surface area contributed by atoms with Gasteiger partial charge >= 0.3 is 6.18 Å². The van der Waals surface area contributed by atoms with Gasteiger partial charge in [0.05, 0.1) is 23.4 Å². The average molecular weight is 532 g/mol. The molecule has 0 aromatic heterocycles. The predicted molar refractivity (Wildman–Crippen MR) is 125 cm³/mol. The number of nitrogens with one attached hydrogen (secondary N) is 2. The van der Waals surface area contributed by atoms with Crippen LogP contribution in [0.1, 0.15) is 22.3 Å². The van der Waals surface area contributed by atoms with Gasteiger partial charge in [0.25, 0.3) is 5.91 Å². The number of benzene rings is 3. The third-order valence-corrected chi connectivity index (χ3v) is 5.73. The Kier molecular flexibility index (Phi) is 6.43. The molecule has 3 aromatic rings. The minimum Gasteiger partial charge on any atom is -0.326 e. The summed E-state index contributed by atoms with van der Waals surface area (Å²) in [7, 11) is 0. The minimum atomic E-state index is -4.57. The number of fused-ring (bicyclic) bond motifs is 1. The second-order valence-electron chi connectivity index (χ2n) is 7.54. The number of anilines is 3. The molecule has 0 aliphatic carbocycles. The standard InChI is InChI=1S/C24H17BrF3N3O3/c25-16-10-8-14(9-11-16)23(34)31-19-7-2-1-6-18(19)30-22(33)20(31)13-21(32)29-17-5-3-4-15(12-17)24(26,27)28/h1-12,20H,13H2,(H,29,32)(H,30,33). The summed E-state index contributed by atoms with van der Waals surface area (Å²) < 4.78 is 39.7. The summed E-state index contributed by atoms with van der Waals surface area (Å²) in [4.78, 5) is 40.3. The van der Waals surface area contributed by atoms with E-state index in [4.69, 9.17) is 0 Å². The van der Waals surface area contributed by atoms with Gasteiger partial charge < -0.3 is 10.6 Å². The molecule has 1 unspecified atom stereocenters. The van der Waals surface area contributed by atoms with Crippen LogP contribution in [0.15, 0.2) is 77.3 Å². The fourth-order valence-electron chi connectivity index (χ4n) is 3.62. The maximum Gasteiger partial charge on any atom is 0.416 e. The van der Waals surface area contributed by atoms with Crippen molar-refractivity contribution in [1.29, 1.82) is 0 Å². The Balaban J connectivity index is 1.62. The quantitative estimate of drug-likeness (QED) is 0.469. The van der Waals surface area contributed by atoms with Crippen molar-refractivity contribution in [1.82, 2.24) is 0 Å². The molecule has 3 amide bonds. The number of amides is 3. The highest BCUT2D eigenvalue weighted by Gasteiger charge is 2.38. The van der Waals surface area contributed by atoms with Crippen molar-refractivity contribution < 1.29 is 27.6 Å². The van der Waals surface area contributed by atoms with Gasteiger partial charge in [-0.3, -0.25) is 19.3 Å². The highest BCUT2D eigenvalue weighted by Crippen LogP contribution is 2.35. The molecule has 0 saturated heterocycles. The highest BCUT2D eigenvalue weighted by atomic mass is 79.9. The predicted octanol–water partition coefficient (Wildman–Crippen LogP) is 5.46. The number of halogens is 4. The average Bonchev–Trinajstić information content (AvgIpc) is 2.79. The molecule has 4 rings (SSSR count). The van der Waals surface area contributed by atoms with E-state index in [1.54, 1.807) is 48.5 Å². The number of carbonyl (C=O) groups excluding carboxylic acids is 3. The first-order valence-corrected chi connectivity index (χ1v) is 10.9. The number of nitrogens with zero attached hydrogens (tertiary/aromatic N) is 1. The fourth-order valence-corrected chi connectivity index (χ4v) is 3.88. The molecule has 3 aromatic carbocycles. The van der Waals surface area contributed by atoms with Gasteiger partial charge in [0.1, 0.15) is 6.04 Å². The van der Waals surface area contributed by atoms with E-state index in [9.17, 15) is 27.6 Å². The Labute approximate surface area is 200 Å². The molecule has 0 spiro atoms. The molecule has 10 heteroatoms. The lowest BCUT2D eigenvalue weighted by molar-refractivity contribution is -0.137. The Hall–Kier alpha value is -3.66. The fraction of sp³-hybridized carbons (Fsp3) is 0.125. The topological polar surface area (TPSA) is 78.5 Å². The summed E-state index contributed by atoms with van der Waals surface area (Å²) in [6.45, 7) is 0. The van der Waals surface area contributed by atoms with E-state index in [-0.39, 0.29) is 5.69 Å². The maximum atomic E-state index is 13.4. The van der Waals surface area contributed by atoms with Crippen LogP contribution in [-0.4, -0.2) is 23.8 Å². The summed E-state index contributed by atoms with van der Waals surface area (Å²) in [5, 5.41) is 5.07. The van der Waals surface area contributed by atoms with Crippen LogP contribution in [0.4, 0.5) is 30.2 Å². The lowest BCUT2D eigenvalue weighted by Gasteiger charge is -2.36. The van der Waals surface area contributed by atoms with E-state index in [0.717, 1.165) is 16.6 Å². The largest absolute Gasteiger partial charge is 0.416 e. The van der Waals surface area contributed by atoms with Crippen molar-refractivity contribution in [3.8, 4) is 0 Å². The van der Waals surface area contributed by atoms with Gasteiger partial charge in [-0.15, -0.1) is 0 Å². The van der Waals surface area contributed by atoms with Crippen molar-refractivity contribution in [3.63, 3.8) is 0 Å². The first-order chi connectivity index (χ1) is 16.1. The lowest BCUT2D eigenvalue weighted by Crippen LogP contribution is -2.52. The molecule has 1 aliphatic rings. The molecule has 6 nitrogen and oxygen atoms in total. The zero-order chi connectivity index (χ0) is 24.5. The van der Waals surface area contributed by atoms with Crippen LogP contribution in [0.25, 0.3) is 0 Å². The summed E-state index contributed by atoms with van der Waals surface area (Å²) in [5.74, 6) is -1.79. The van der Waals surface area contributed by atoms with Gasteiger partial charge in [-0.05, 0) is 54.6 Å². The van der Waals surface area contributed by atoms with Crippen molar-refractivity contribution in [2.24, 2.45) is 0 Å². The number of alkyl halides is 3. The smallest absolute Gasteiger partial charge is 0.326 e. The van der Waals surface area contributed by atoms with Crippen LogP contribution in [0.3, 0.4) is 0 Å². The summed E-state index contributed by atoms with van der Waals surface area (Å²) in [6, 6.07) is 16.2. The molecule has 0 radical (unpaired) electrons. The number of rotatable bonds is 4. The molecule has 1 heterocycles. The molecule has 1 atom stereocenters. The number of hydrogen-bond acceptors (Lipinski definition) is 3. The lowest BCUT2D eigenvalue weighted by atomic mass is 10.0. The summed E-state index contributed by atoms with van der Waals surface area (Å²) in [5.41, 5.74) is 0.138. The van der Waals surface area contributed by atoms with Crippen molar-refractivity contribution >= 4 is 50.7 Å². The van der Waals surface area contributed by atoms with Crippen LogP contribution in [0.2, 0.25) is 0 Å². The molecule has 0 saturated carbocycles. The van der Waals surface area contributed by atoms with Crippen LogP contribution in [0.5, 0.6) is 0 Å². The van der Waals surface area contributed by atoms with E-state index in [1.165, 1.54) is 17.0 Å². The zero-order valence-electron chi connectivity index (χ0n) is 17.4. The number of carbonyl (C=O) groups is 3. The van der Waals surface area contributed by atoms with Gasteiger partial charge in [0, 0.05) is 15.7 Å². The van der Waals surface area contributed by atoms with Gasteiger partial charge in [0.15, 0.2) is 0 Å². The Morgan fingerprint density at radius 3 is 2.41 bits per heavy atom. The molecule has 1 aliphatic heterocycles. The number of hydrogen-bond donors (Lipinski definition) is 2. The molecule has 0 fully saturated rings. The highest BCUT2D eigenvalue weighted by molar-refractivity contribution is 9.10. The first kappa shape index (κ1) is 23.5. The molecule has 0 bridgehead atoms. The van der Waals surface area contributed by atoms with Crippen LogP contribution < -0.4 is 15.5 Å². The SMILES string of the molecule is O=C(CC1C(=O)Nc2ccccc2N1C(=O)c1ccc(Br)cc1)Nc1cccc(C(F)(F)F)c1. The second kappa shape index (κ2) is 9.30. The molecule has 34 heavy (non-hydrogen) atoms. The monoisotopic (exact) mass is 531 g/mol. The molecular formula is C24H17BrF3N3O3. The first-order valence-electron chi connectivity index (χ1n) is 10.1. The van der Waals surface area contributed by atoms with Crippen molar-refractivity contribution in [2.75, 3.05) is 15.5 Å². The van der Waals surface area contributed by atoms with E-state index in [2.05, 4.69) is 26.6 Å². The number of para-hydroxylation sites is 2. The van der Waals surface area contributed by atoms with Crippen LogP contribution in [0, 0.1) is 0 Å². The van der Waals surface area contributed by atoms with E-state index in [1.807, 2.05) is 0 Å². The molecular weight excluding hydrogens is 515 g/mol. The summed E-state index contributed by atoms with van der Waals surface area (Å²) >= 11 is 3.31. The van der Waals surface area contributed by atoms with Crippen LogP contribution in [-0.2, 0) is 15.8 Å². The van der Waals surface area contributed by atoms with E-state index < -0.39 is 41.9 Å². The molecule has 174 valence electrons. The maximum absolute atomic E-state index is 13.4. The Morgan fingerprint density at radius 2 is 1.71 bits per heavy atom. The van der Waals surface area contributed by atoms with Gasteiger partial charge in [-0.2, -0.15) is 13.2 Å². The Morgan fingerprint density at radius 1 is 1.00 bits per heavy atom. The van der Waals surface area contributed by atoms with Crippen LogP contribution >= 0.6 is 15.9 Å². The normalized spacial score (nSPS) is 15.4. The zero-order valence-corrected chi connectivity index (χ0v) is 19.0. The summed E-state index contributed by atoms with van der Waals surface area (Å²) in [6.07, 6.45) is -5.03. The minimum absolute atomic E-state index is 0.0674. The third kappa shape index (κ3) is 4.96. The van der Waals surface area contributed by atoms with Gasteiger partial charge in [-0.25, -0.2) is 0 Å². The Bertz CT molecular complexity index is 1260. The molecule has 2 N–H and O–H groups in total. The van der Waals surface area contributed by atoms with E-state index >= 15 is 0 Å². The van der Waals surface area contributed by atoms with Gasteiger partial charge in [0.2, 0.25) is 11.8 Å². The van der Waals surface area contributed by atoms with E-state index in [0.29, 0.717) is 16.9 Å². The second-order valence-corrected chi connectivity index (χ2v) is 8.45. The third-order valence-electron chi connectivity index (χ3n) is 5.20.